The van der Waals surface area contributed by atoms with Gasteiger partial charge in [0.05, 0.1) is 0 Å². The molecule has 0 aromatic heterocycles. The van der Waals surface area contributed by atoms with Gasteiger partial charge in [0.25, 0.3) is 11.8 Å². The minimum Gasteiger partial charge on any atom is -0.322 e. The van der Waals surface area contributed by atoms with Crippen molar-refractivity contribution in [3.63, 3.8) is 0 Å². The zero-order valence-electron chi connectivity index (χ0n) is 18.8. The van der Waals surface area contributed by atoms with E-state index in [0.717, 1.165) is 38.3 Å². The predicted octanol–water partition coefficient (Wildman–Crippen LogP) is 1.11. The van der Waals surface area contributed by atoms with Crippen LogP contribution in [0.25, 0.3) is 0 Å². The second-order valence-corrected chi connectivity index (χ2v) is 8.95. The summed E-state index contributed by atoms with van der Waals surface area (Å²) in [5, 5.41) is 8.55. The predicted molar refractivity (Wildman–Crippen MR) is 125 cm³/mol. The van der Waals surface area contributed by atoms with Gasteiger partial charge in [0, 0.05) is 62.5 Å². The number of amides is 4. The summed E-state index contributed by atoms with van der Waals surface area (Å²) in [4.78, 5) is 53.1. The van der Waals surface area contributed by atoms with Crippen LogP contribution in [0.1, 0.15) is 44.7 Å². The van der Waals surface area contributed by atoms with E-state index in [0.29, 0.717) is 23.2 Å². The van der Waals surface area contributed by atoms with Gasteiger partial charge in [0.2, 0.25) is 11.8 Å². The summed E-state index contributed by atoms with van der Waals surface area (Å²) in [6, 6.07) is 12.1. The first-order valence-corrected chi connectivity index (χ1v) is 11.6. The highest BCUT2D eigenvalue weighted by atomic mass is 16.2. The number of piperidine rings is 1. The van der Waals surface area contributed by atoms with Crippen LogP contribution in [0.3, 0.4) is 0 Å². The number of hydrogen-bond donors (Lipinski definition) is 3. The van der Waals surface area contributed by atoms with E-state index in [1.54, 1.807) is 18.2 Å². The third kappa shape index (κ3) is 4.57. The molecule has 3 aliphatic heterocycles. The number of carbonyl (C=O) groups is 4. The first kappa shape index (κ1) is 22.2. The first-order valence-electron chi connectivity index (χ1n) is 11.6. The van der Waals surface area contributed by atoms with Crippen molar-refractivity contribution in [1.82, 2.24) is 20.4 Å². The number of anilines is 1. The highest BCUT2D eigenvalue weighted by Crippen LogP contribution is 2.29. The number of nitrogens with one attached hydrogen (secondary N) is 3. The number of fused-ring (bicyclic) bond motifs is 1. The van der Waals surface area contributed by atoms with Crippen LogP contribution in [0.15, 0.2) is 42.5 Å². The van der Waals surface area contributed by atoms with Crippen molar-refractivity contribution >= 4 is 29.3 Å². The molecule has 9 nitrogen and oxygen atoms in total. The van der Waals surface area contributed by atoms with Crippen LogP contribution in [0.2, 0.25) is 0 Å². The Morgan fingerprint density at radius 2 is 1.79 bits per heavy atom. The molecule has 5 rings (SSSR count). The van der Waals surface area contributed by atoms with E-state index < -0.39 is 11.9 Å². The van der Waals surface area contributed by atoms with E-state index >= 15 is 0 Å². The Balaban J connectivity index is 1.22. The van der Waals surface area contributed by atoms with Gasteiger partial charge >= 0.3 is 0 Å². The second kappa shape index (κ2) is 9.36. The molecule has 2 saturated heterocycles. The van der Waals surface area contributed by atoms with Crippen molar-refractivity contribution in [2.45, 2.75) is 32.0 Å². The van der Waals surface area contributed by atoms with E-state index in [9.17, 15) is 19.2 Å². The van der Waals surface area contributed by atoms with E-state index in [4.69, 9.17) is 0 Å². The summed E-state index contributed by atoms with van der Waals surface area (Å²) in [5.74, 6) is -1.21. The van der Waals surface area contributed by atoms with Crippen molar-refractivity contribution in [3.8, 4) is 0 Å². The van der Waals surface area contributed by atoms with Gasteiger partial charge in [-0.05, 0) is 47.9 Å². The minimum absolute atomic E-state index is 0.214. The van der Waals surface area contributed by atoms with E-state index in [1.165, 1.54) is 10.5 Å². The fraction of sp³-hybridized carbons (Fsp3) is 0.360. The lowest BCUT2D eigenvalue weighted by Gasteiger charge is -2.29. The summed E-state index contributed by atoms with van der Waals surface area (Å²) in [6.45, 7) is 5.17. The van der Waals surface area contributed by atoms with Crippen LogP contribution >= 0.6 is 0 Å². The molecule has 2 aromatic carbocycles. The SMILES string of the molecule is O=C1CCC(N2Cc3cc(NC(=O)c4ccc(CN5CCNCC5)cc4)ccc3C2=O)C(=O)N1. The maximum Gasteiger partial charge on any atom is 0.255 e. The standard InChI is InChI=1S/C25H27N5O4/c31-22-8-7-21(24(33)28-22)30-15-18-13-19(5-6-20(18)25(30)34)27-23(32)17-3-1-16(2-4-17)14-29-11-9-26-10-12-29/h1-6,13,21,26H,7-12,14-15H2,(H,27,32)(H,28,31,33). The third-order valence-electron chi connectivity index (χ3n) is 6.61. The van der Waals surface area contributed by atoms with Gasteiger partial charge in [-0.2, -0.15) is 0 Å². The molecule has 176 valence electrons. The topological polar surface area (TPSA) is 111 Å². The number of hydrogen-bond acceptors (Lipinski definition) is 6. The zero-order valence-corrected chi connectivity index (χ0v) is 18.8. The Morgan fingerprint density at radius 3 is 2.53 bits per heavy atom. The number of piperazine rings is 1. The van der Waals surface area contributed by atoms with E-state index in [-0.39, 0.29) is 30.7 Å². The number of imide groups is 1. The Labute approximate surface area is 197 Å². The van der Waals surface area contributed by atoms with Crippen molar-refractivity contribution in [2.75, 3.05) is 31.5 Å². The molecule has 0 aliphatic carbocycles. The van der Waals surface area contributed by atoms with Crippen molar-refractivity contribution < 1.29 is 19.2 Å². The molecular formula is C25H27N5O4. The molecule has 1 atom stereocenters. The van der Waals surface area contributed by atoms with Crippen LogP contribution in [0.5, 0.6) is 0 Å². The highest BCUT2D eigenvalue weighted by Gasteiger charge is 2.39. The second-order valence-electron chi connectivity index (χ2n) is 8.95. The molecule has 0 spiro atoms. The Hall–Kier alpha value is -3.56. The van der Waals surface area contributed by atoms with Crippen LogP contribution in [-0.2, 0) is 22.7 Å². The summed E-state index contributed by atoms with van der Waals surface area (Å²) in [5.41, 5.74) is 3.58. The quantitative estimate of drug-likeness (QED) is 0.576. The molecule has 0 saturated carbocycles. The van der Waals surface area contributed by atoms with Crippen LogP contribution in [-0.4, -0.2) is 65.6 Å². The molecule has 0 radical (unpaired) electrons. The average Bonchev–Trinajstić information content (AvgIpc) is 3.15. The van der Waals surface area contributed by atoms with Crippen molar-refractivity contribution in [1.29, 1.82) is 0 Å². The van der Waals surface area contributed by atoms with Gasteiger partial charge in [0.1, 0.15) is 6.04 Å². The highest BCUT2D eigenvalue weighted by molar-refractivity contribution is 6.07. The monoisotopic (exact) mass is 461 g/mol. The van der Waals surface area contributed by atoms with Gasteiger partial charge in [-0.25, -0.2) is 0 Å². The normalized spacial score (nSPS) is 20.8. The fourth-order valence-corrected chi connectivity index (χ4v) is 4.74. The largest absolute Gasteiger partial charge is 0.322 e. The molecule has 34 heavy (non-hydrogen) atoms. The van der Waals surface area contributed by atoms with Gasteiger partial charge in [-0.1, -0.05) is 12.1 Å². The molecular weight excluding hydrogens is 434 g/mol. The molecule has 9 heteroatoms. The Bertz CT molecular complexity index is 1140. The average molecular weight is 462 g/mol. The van der Waals surface area contributed by atoms with Gasteiger partial charge in [-0.15, -0.1) is 0 Å². The molecule has 2 fully saturated rings. The Kier molecular flexibility index (Phi) is 6.12. The number of carbonyl (C=O) groups excluding carboxylic acids is 4. The summed E-state index contributed by atoms with van der Waals surface area (Å²) in [7, 11) is 0. The van der Waals surface area contributed by atoms with Crippen LogP contribution in [0.4, 0.5) is 5.69 Å². The molecule has 4 amide bonds. The molecule has 3 aliphatic rings. The Morgan fingerprint density at radius 1 is 1.03 bits per heavy atom. The van der Waals surface area contributed by atoms with Gasteiger partial charge in [0.15, 0.2) is 0 Å². The van der Waals surface area contributed by atoms with E-state index in [1.807, 2.05) is 24.3 Å². The fourth-order valence-electron chi connectivity index (χ4n) is 4.74. The lowest BCUT2D eigenvalue weighted by molar-refractivity contribution is -0.136. The third-order valence-corrected chi connectivity index (χ3v) is 6.61. The number of rotatable bonds is 5. The van der Waals surface area contributed by atoms with Crippen LogP contribution < -0.4 is 16.0 Å². The van der Waals surface area contributed by atoms with E-state index in [2.05, 4.69) is 20.9 Å². The molecule has 0 bridgehead atoms. The summed E-state index contributed by atoms with van der Waals surface area (Å²) < 4.78 is 0. The summed E-state index contributed by atoms with van der Waals surface area (Å²) in [6.07, 6.45) is 0.532. The van der Waals surface area contributed by atoms with Crippen LogP contribution in [0, 0.1) is 0 Å². The van der Waals surface area contributed by atoms with Gasteiger partial charge < -0.3 is 15.5 Å². The maximum absolute atomic E-state index is 12.8. The first-order chi connectivity index (χ1) is 16.5. The maximum atomic E-state index is 12.8. The smallest absolute Gasteiger partial charge is 0.255 e. The lowest BCUT2D eigenvalue weighted by atomic mass is 10.0. The van der Waals surface area contributed by atoms with Gasteiger partial charge in [-0.3, -0.25) is 29.4 Å². The summed E-state index contributed by atoms with van der Waals surface area (Å²) >= 11 is 0. The lowest BCUT2D eigenvalue weighted by Crippen LogP contribution is -2.52. The molecule has 3 heterocycles. The zero-order chi connectivity index (χ0) is 23.7. The number of nitrogens with zero attached hydrogens (tertiary/aromatic N) is 2. The molecule has 1 unspecified atom stereocenters. The van der Waals surface area contributed by atoms with Crippen molar-refractivity contribution in [3.05, 3.63) is 64.7 Å². The molecule has 3 N–H and O–H groups in total. The molecule has 2 aromatic rings. The number of benzene rings is 2. The van der Waals surface area contributed by atoms with Crippen molar-refractivity contribution in [2.24, 2.45) is 0 Å². The minimum atomic E-state index is -0.657.